The first-order chi connectivity index (χ1) is 6.75. The number of rotatable bonds is 2. The second-order valence-electron chi connectivity index (χ2n) is 3.50. The monoisotopic (exact) mass is 213 g/mol. The minimum atomic E-state index is -0.233. The highest BCUT2D eigenvalue weighted by Gasteiger charge is 2.14. The van der Waals surface area contributed by atoms with Crippen LogP contribution < -0.4 is 11.0 Å². The Labute approximate surface area is 86.9 Å². The predicted octanol–water partition coefficient (Wildman–Crippen LogP) is 0.649. The standard InChI is InChI=1S/C9H12ClN3O/c10-7-4-12-9(14)13(5-7)6-8-2-1-3-11-8/h4-5,8,11H,1-3,6H2/t8-/m0/s1. The highest BCUT2D eigenvalue weighted by molar-refractivity contribution is 6.30. The minimum absolute atomic E-state index is 0.233. The molecule has 1 N–H and O–H groups in total. The molecule has 0 unspecified atom stereocenters. The fourth-order valence-corrected chi connectivity index (χ4v) is 1.88. The predicted molar refractivity (Wildman–Crippen MR) is 54.5 cm³/mol. The fraction of sp³-hybridized carbons (Fsp3) is 0.556. The zero-order valence-corrected chi connectivity index (χ0v) is 8.50. The topological polar surface area (TPSA) is 46.9 Å². The van der Waals surface area contributed by atoms with Gasteiger partial charge in [0.25, 0.3) is 0 Å². The molecule has 0 aromatic carbocycles. The van der Waals surface area contributed by atoms with Crippen molar-refractivity contribution in [1.29, 1.82) is 0 Å². The molecule has 1 aromatic heterocycles. The van der Waals surface area contributed by atoms with Crippen LogP contribution in [-0.2, 0) is 6.54 Å². The van der Waals surface area contributed by atoms with Crippen molar-refractivity contribution in [3.63, 3.8) is 0 Å². The molecule has 0 bridgehead atoms. The lowest BCUT2D eigenvalue weighted by molar-refractivity contribution is 0.493. The third-order valence-electron chi connectivity index (χ3n) is 2.40. The third-order valence-corrected chi connectivity index (χ3v) is 2.60. The molecule has 14 heavy (non-hydrogen) atoms. The van der Waals surface area contributed by atoms with E-state index in [0.717, 1.165) is 13.0 Å². The van der Waals surface area contributed by atoms with Gasteiger partial charge in [0.15, 0.2) is 0 Å². The smallest absolute Gasteiger partial charge is 0.312 e. The summed E-state index contributed by atoms with van der Waals surface area (Å²) in [6, 6.07) is 0.382. The van der Waals surface area contributed by atoms with E-state index in [1.165, 1.54) is 12.6 Å². The second kappa shape index (κ2) is 4.11. The van der Waals surface area contributed by atoms with Crippen LogP contribution in [0.3, 0.4) is 0 Å². The Hall–Kier alpha value is -0.870. The Balaban J connectivity index is 2.15. The quantitative estimate of drug-likeness (QED) is 0.785. The summed E-state index contributed by atoms with van der Waals surface area (Å²) in [5.74, 6) is 0. The molecule has 1 fully saturated rings. The molecule has 0 aliphatic carbocycles. The zero-order valence-electron chi connectivity index (χ0n) is 7.74. The van der Waals surface area contributed by atoms with E-state index in [1.807, 2.05) is 0 Å². The first kappa shape index (κ1) is 9.68. The highest BCUT2D eigenvalue weighted by atomic mass is 35.5. The van der Waals surface area contributed by atoms with Gasteiger partial charge in [0.05, 0.1) is 11.2 Å². The summed E-state index contributed by atoms with van der Waals surface area (Å²) >= 11 is 5.76. The SMILES string of the molecule is O=c1ncc(Cl)cn1C[C@@H]1CCCN1. The fourth-order valence-electron chi connectivity index (χ4n) is 1.71. The van der Waals surface area contributed by atoms with E-state index in [-0.39, 0.29) is 5.69 Å². The van der Waals surface area contributed by atoms with Gasteiger partial charge < -0.3 is 5.32 Å². The molecule has 0 radical (unpaired) electrons. The summed E-state index contributed by atoms with van der Waals surface area (Å²) < 4.78 is 1.56. The van der Waals surface area contributed by atoms with Gasteiger partial charge in [-0.3, -0.25) is 4.57 Å². The summed E-state index contributed by atoms with van der Waals surface area (Å²) in [7, 11) is 0. The molecular weight excluding hydrogens is 202 g/mol. The van der Waals surface area contributed by atoms with E-state index < -0.39 is 0 Å². The molecule has 1 aliphatic heterocycles. The first-order valence-corrected chi connectivity index (χ1v) is 5.09. The van der Waals surface area contributed by atoms with Gasteiger partial charge in [0.2, 0.25) is 0 Å². The van der Waals surface area contributed by atoms with E-state index in [0.29, 0.717) is 17.6 Å². The molecule has 0 amide bonds. The van der Waals surface area contributed by atoms with Gasteiger partial charge in [-0.15, -0.1) is 0 Å². The van der Waals surface area contributed by atoms with Gasteiger partial charge in [0, 0.05) is 18.8 Å². The summed E-state index contributed by atoms with van der Waals surface area (Å²) in [5, 5.41) is 3.82. The normalized spacial score (nSPS) is 21.4. The minimum Gasteiger partial charge on any atom is -0.312 e. The molecule has 1 atom stereocenters. The summed E-state index contributed by atoms with van der Waals surface area (Å²) in [6.07, 6.45) is 5.30. The van der Waals surface area contributed by atoms with Gasteiger partial charge in [-0.05, 0) is 19.4 Å². The van der Waals surface area contributed by atoms with Crippen molar-refractivity contribution in [2.75, 3.05) is 6.54 Å². The van der Waals surface area contributed by atoms with Gasteiger partial charge in [-0.25, -0.2) is 9.78 Å². The van der Waals surface area contributed by atoms with Crippen LogP contribution in [0.25, 0.3) is 0 Å². The largest absolute Gasteiger partial charge is 0.347 e. The van der Waals surface area contributed by atoms with Crippen molar-refractivity contribution >= 4 is 11.6 Å². The lowest BCUT2D eigenvalue weighted by Crippen LogP contribution is -2.32. The number of nitrogens with one attached hydrogen (secondary N) is 1. The van der Waals surface area contributed by atoms with Crippen molar-refractivity contribution in [3.8, 4) is 0 Å². The molecule has 76 valence electrons. The van der Waals surface area contributed by atoms with Crippen molar-refractivity contribution in [3.05, 3.63) is 27.9 Å². The van der Waals surface area contributed by atoms with Crippen molar-refractivity contribution in [2.45, 2.75) is 25.4 Å². The summed E-state index contributed by atoms with van der Waals surface area (Å²) in [5.41, 5.74) is -0.233. The number of aromatic nitrogens is 2. The van der Waals surface area contributed by atoms with Crippen LogP contribution in [0.4, 0.5) is 0 Å². The Morgan fingerprint density at radius 1 is 1.71 bits per heavy atom. The summed E-state index contributed by atoms with van der Waals surface area (Å²) in [6.45, 7) is 1.69. The van der Waals surface area contributed by atoms with Crippen LogP contribution in [-0.4, -0.2) is 22.1 Å². The molecule has 1 aliphatic rings. The van der Waals surface area contributed by atoms with E-state index in [9.17, 15) is 4.79 Å². The second-order valence-corrected chi connectivity index (χ2v) is 3.94. The first-order valence-electron chi connectivity index (χ1n) is 4.71. The third kappa shape index (κ3) is 2.13. The van der Waals surface area contributed by atoms with Crippen molar-refractivity contribution < 1.29 is 0 Å². The van der Waals surface area contributed by atoms with Crippen LogP contribution in [0.1, 0.15) is 12.8 Å². The van der Waals surface area contributed by atoms with E-state index >= 15 is 0 Å². The van der Waals surface area contributed by atoms with E-state index in [2.05, 4.69) is 10.3 Å². The molecule has 1 aromatic rings. The van der Waals surface area contributed by atoms with Gasteiger partial charge in [-0.1, -0.05) is 11.6 Å². The number of hydrogen-bond acceptors (Lipinski definition) is 3. The van der Waals surface area contributed by atoms with Crippen LogP contribution >= 0.6 is 11.6 Å². The maximum Gasteiger partial charge on any atom is 0.347 e. The molecular formula is C9H12ClN3O. The van der Waals surface area contributed by atoms with Crippen molar-refractivity contribution in [1.82, 2.24) is 14.9 Å². The highest BCUT2D eigenvalue weighted by Crippen LogP contribution is 2.08. The van der Waals surface area contributed by atoms with Crippen molar-refractivity contribution in [2.24, 2.45) is 0 Å². The van der Waals surface area contributed by atoms with Crippen LogP contribution in [0.2, 0.25) is 5.02 Å². The number of hydrogen-bond donors (Lipinski definition) is 1. The molecule has 2 heterocycles. The average Bonchev–Trinajstić information content (AvgIpc) is 2.64. The molecule has 0 saturated carbocycles. The molecule has 5 heteroatoms. The lowest BCUT2D eigenvalue weighted by atomic mass is 10.2. The van der Waals surface area contributed by atoms with Crippen LogP contribution in [0.15, 0.2) is 17.2 Å². The van der Waals surface area contributed by atoms with Gasteiger partial charge >= 0.3 is 5.69 Å². The molecule has 4 nitrogen and oxygen atoms in total. The van der Waals surface area contributed by atoms with Crippen LogP contribution in [0, 0.1) is 0 Å². The Morgan fingerprint density at radius 3 is 3.29 bits per heavy atom. The average molecular weight is 214 g/mol. The van der Waals surface area contributed by atoms with E-state index in [4.69, 9.17) is 11.6 Å². The van der Waals surface area contributed by atoms with Crippen LogP contribution in [0.5, 0.6) is 0 Å². The van der Waals surface area contributed by atoms with E-state index in [1.54, 1.807) is 10.8 Å². The van der Waals surface area contributed by atoms with Gasteiger partial charge in [0.1, 0.15) is 0 Å². The number of nitrogens with zero attached hydrogens (tertiary/aromatic N) is 2. The molecule has 1 saturated heterocycles. The van der Waals surface area contributed by atoms with Gasteiger partial charge in [-0.2, -0.15) is 0 Å². The Morgan fingerprint density at radius 2 is 2.57 bits per heavy atom. The number of halogens is 1. The molecule has 0 spiro atoms. The zero-order chi connectivity index (χ0) is 9.97. The Bertz CT molecular complexity index is 371. The Kier molecular flexibility index (Phi) is 2.84. The lowest BCUT2D eigenvalue weighted by Gasteiger charge is -2.11. The molecule has 2 rings (SSSR count). The maximum atomic E-state index is 11.3. The maximum absolute atomic E-state index is 11.3. The summed E-state index contributed by atoms with van der Waals surface area (Å²) in [4.78, 5) is 15.0.